The predicted molar refractivity (Wildman–Crippen MR) is 89.0 cm³/mol. The Morgan fingerprint density at radius 3 is 2.55 bits per heavy atom. The number of nitrogens with zero attached hydrogens (tertiary/aromatic N) is 1. The average molecular weight is 311 g/mol. The van der Waals surface area contributed by atoms with Gasteiger partial charge < -0.3 is 20.3 Å². The van der Waals surface area contributed by atoms with Gasteiger partial charge in [-0.1, -0.05) is 0 Å². The second-order valence-electron chi connectivity index (χ2n) is 7.91. The van der Waals surface area contributed by atoms with Gasteiger partial charge in [-0.05, 0) is 60.3 Å². The third-order valence-electron chi connectivity index (χ3n) is 4.73. The summed E-state index contributed by atoms with van der Waals surface area (Å²) in [5.74, 6) is 0. The maximum Gasteiger partial charge on any atom is 0.410 e. The summed E-state index contributed by atoms with van der Waals surface area (Å²) >= 11 is 0. The van der Waals surface area contributed by atoms with E-state index in [0.29, 0.717) is 18.1 Å². The lowest BCUT2D eigenvalue weighted by molar-refractivity contribution is 0.00605. The van der Waals surface area contributed by atoms with Gasteiger partial charge in [0.05, 0.1) is 0 Å². The zero-order valence-corrected chi connectivity index (χ0v) is 14.8. The van der Waals surface area contributed by atoms with Crippen molar-refractivity contribution in [2.45, 2.75) is 90.1 Å². The van der Waals surface area contributed by atoms with Crippen LogP contribution in [-0.2, 0) is 4.74 Å². The lowest BCUT2D eigenvalue weighted by atomic mass is 9.94. The van der Waals surface area contributed by atoms with Crippen molar-refractivity contribution in [2.75, 3.05) is 13.1 Å². The van der Waals surface area contributed by atoms with E-state index in [1.54, 1.807) is 0 Å². The van der Waals surface area contributed by atoms with Gasteiger partial charge in [0.2, 0.25) is 0 Å². The Balaban J connectivity index is 1.89. The molecule has 2 fully saturated rings. The molecule has 5 nitrogen and oxygen atoms in total. The second-order valence-corrected chi connectivity index (χ2v) is 7.91. The van der Waals surface area contributed by atoms with Crippen LogP contribution in [0.2, 0.25) is 0 Å². The SMILES string of the molecule is CC1CCC(N[C@@H]2CCCN(C(=O)OC(C)(C)C)[C@@H]2C)CN1. The van der Waals surface area contributed by atoms with E-state index in [9.17, 15) is 4.79 Å². The first-order valence-electron chi connectivity index (χ1n) is 8.75. The molecule has 0 aromatic carbocycles. The molecule has 0 spiro atoms. The molecule has 4 atom stereocenters. The summed E-state index contributed by atoms with van der Waals surface area (Å²) < 4.78 is 5.55. The molecule has 2 unspecified atom stereocenters. The van der Waals surface area contributed by atoms with Crippen LogP contribution in [0, 0.1) is 0 Å². The molecule has 2 aliphatic heterocycles. The summed E-state index contributed by atoms with van der Waals surface area (Å²) in [6, 6.07) is 1.69. The number of hydrogen-bond acceptors (Lipinski definition) is 4. The van der Waals surface area contributed by atoms with Crippen molar-refractivity contribution in [1.82, 2.24) is 15.5 Å². The topological polar surface area (TPSA) is 53.6 Å². The highest BCUT2D eigenvalue weighted by Gasteiger charge is 2.34. The highest BCUT2D eigenvalue weighted by molar-refractivity contribution is 5.68. The van der Waals surface area contributed by atoms with E-state index < -0.39 is 5.60 Å². The van der Waals surface area contributed by atoms with Crippen LogP contribution in [-0.4, -0.2) is 53.9 Å². The van der Waals surface area contributed by atoms with Gasteiger partial charge >= 0.3 is 6.09 Å². The van der Waals surface area contributed by atoms with Gasteiger partial charge in [-0.2, -0.15) is 0 Å². The first kappa shape index (κ1) is 17.5. The van der Waals surface area contributed by atoms with Gasteiger partial charge in [0.1, 0.15) is 5.60 Å². The van der Waals surface area contributed by atoms with Crippen molar-refractivity contribution in [1.29, 1.82) is 0 Å². The van der Waals surface area contributed by atoms with Crippen LogP contribution in [0.3, 0.4) is 0 Å². The number of ether oxygens (including phenoxy) is 1. The van der Waals surface area contributed by atoms with Gasteiger partial charge in [0.25, 0.3) is 0 Å². The summed E-state index contributed by atoms with van der Waals surface area (Å²) in [6.07, 6.45) is 4.42. The molecule has 1 amide bonds. The molecule has 0 radical (unpaired) electrons. The molecular formula is C17H33N3O2. The third kappa shape index (κ3) is 4.85. The third-order valence-corrected chi connectivity index (χ3v) is 4.73. The molecule has 2 saturated heterocycles. The molecule has 0 saturated carbocycles. The zero-order chi connectivity index (χ0) is 16.3. The fourth-order valence-electron chi connectivity index (χ4n) is 3.39. The van der Waals surface area contributed by atoms with Crippen molar-refractivity contribution in [2.24, 2.45) is 0 Å². The summed E-state index contributed by atoms with van der Waals surface area (Å²) in [5, 5.41) is 7.30. The molecule has 2 N–H and O–H groups in total. The number of rotatable bonds is 2. The minimum atomic E-state index is -0.430. The predicted octanol–water partition coefficient (Wildman–Crippen LogP) is 2.50. The van der Waals surface area contributed by atoms with Crippen molar-refractivity contribution >= 4 is 6.09 Å². The smallest absolute Gasteiger partial charge is 0.410 e. The van der Waals surface area contributed by atoms with Crippen molar-refractivity contribution in [3.8, 4) is 0 Å². The van der Waals surface area contributed by atoms with E-state index in [1.165, 1.54) is 12.8 Å². The first-order valence-corrected chi connectivity index (χ1v) is 8.75. The van der Waals surface area contributed by atoms with Crippen LogP contribution in [0.5, 0.6) is 0 Å². The van der Waals surface area contributed by atoms with E-state index >= 15 is 0 Å². The number of hydrogen-bond donors (Lipinski definition) is 2. The highest BCUT2D eigenvalue weighted by Crippen LogP contribution is 2.22. The molecule has 128 valence electrons. The number of likely N-dealkylation sites (tertiary alicyclic amines) is 1. The van der Waals surface area contributed by atoms with Crippen molar-refractivity contribution < 1.29 is 9.53 Å². The Bertz CT molecular complexity index is 373. The molecule has 0 aromatic rings. The molecular weight excluding hydrogens is 278 g/mol. The van der Waals surface area contributed by atoms with Crippen LogP contribution in [0.15, 0.2) is 0 Å². The first-order chi connectivity index (χ1) is 10.3. The van der Waals surface area contributed by atoms with E-state index in [-0.39, 0.29) is 12.1 Å². The van der Waals surface area contributed by atoms with E-state index in [4.69, 9.17) is 4.74 Å². The molecule has 0 aliphatic carbocycles. The summed E-state index contributed by atoms with van der Waals surface area (Å²) in [5.41, 5.74) is -0.430. The maximum atomic E-state index is 12.4. The quantitative estimate of drug-likeness (QED) is 0.823. The van der Waals surface area contributed by atoms with Crippen LogP contribution >= 0.6 is 0 Å². The van der Waals surface area contributed by atoms with Gasteiger partial charge in [0.15, 0.2) is 0 Å². The Labute approximate surface area is 135 Å². The monoisotopic (exact) mass is 311 g/mol. The van der Waals surface area contributed by atoms with Crippen LogP contribution in [0.25, 0.3) is 0 Å². The second kappa shape index (κ2) is 7.18. The molecule has 0 aromatic heterocycles. The van der Waals surface area contributed by atoms with Crippen molar-refractivity contribution in [3.05, 3.63) is 0 Å². The maximum absolute atomic E-state index is 12.4. The van der Waals surface area contributed by atoms with Gasteiger partial charge in [-0.15, -0.1) is 0 Å². The highest BCUT2D eigenvalue weighted by atomic mass is 16.6. The molecule has 2 aliphatic rings. The van der Waals surface area contributed by atoms with Crippen molar-refractivity contribution in [3.63, 3.8) is 0 Å². The van der Waals surface area contributed by atoms with E-state index in [0.717, 1.165) is 25.9 Å². The number of carbonyl (C=O) groups excluding carboxylic acids is 1. The number of amides is 1. The Morgan fingerprint density at radius 2 is 1.95 bits per heavy atom. The fraction of sp³-hybridized carbons (Fsp3) is 0.941. The van der Waals surface area contributed by atoms with Gasteiger partial charge in [0, 0.05) is 37.3 Å². The number of carbonyl (C=O) groups is 1. The molecule has 2 heterocycles. The number of nitrogens with one attached hydrogen (secondary N) is 2. The molecule has 5 heteroatoms. The largest absolute Gasteiger partial charge is 0.444 e. The molecule has 0 bridgehead atoms. The lowest BCUT2D eigenvalue weighted by Crippen LogP contribution is -2.59. The van der Waals surface area contributed by atoms with Crippen LogP contribution in [0.1, 0.15) is 60.3 Å². The Hall–Kier alpha value is -0.810. The average Bonchev–Trinajstić information content (AvgIpc) is 2.41. The molecule has 22 heavy (non-hydrogen) atoms. The zero-order valence-electron chi connectivity index (χ0n) is 14.8. The number of piperidine rings is 2. The normalized spacial score (nSPS) is 33.6. The molecule has 2 rings (SSSR count). The van der Waals surface area contributed by atoms with E-state index in [2.05, 4.69) is 24.5 Å². The van der Waals surface area contributed by atoms with E-state index in [1.807, 2.05) is 25.7 Å². The fourth-order valence-corrected chi connectivity index (χ4v) is 3.39. The minimum Gasteiger partial charge on any atom is -0.444 e. The lowest BCUT2D eigenvalue weighted by Gasteiger charge is -2.42. The van der Waals surface area contributed by atoms with Gasteiger partial charge in [-0.25, -0.2) is 4.79 Å². The van der Waals surface area contributed by atoms with Gasteiger partial charge in [-0.3, -0.25) is 0 Å². The van der Waals surface area contributed by atoms with Crippen LogP contribution < -0.4 is 10.6 Å². The minimum absolute atomic E-state index is 0.179. The Morgan fingerprint density at radius 1 is 1.23 bits per heavy atom. The van der Waals surface area contributed by atoms with Crippen LogP contribution in [0.4, 0.5) is 4.79 Å². The summed E-state index contributed by atoms with van der Waals surface area (Å²) in [4.78, 5) is 14.3. The Kier molecular flexibility index (Phi) is 5.72. The summed E-state index contributed by atoms with van der Waals surface area (Å²) in [7, 11) is 0. The summed E-state index contributed by atoms with van der Waals surface area (Å²) in [6.45, 7) is 12.0. The standard InChI is InChI=1S/C17H33N3O2/c1-12-8-9-14(11-18-12)19-15-7-6-10-20(13(15)2)16(21)22-17(3,4)5/h12-15,18-19H,6-11H2,1-5H3/t12?,13-,14?,15-/m1/s1.